The summed E-state index contributed by atoms with van der Waals surface area (Å²) in [4.78, 5) is 38.2. The lowest BCUT2D eigenvalue weighted by Crippen LogP contribution is -2.50. The van der Waals surface area contributed by atoms with Crippen molar-refractivity contribution >= 4 is 68.0 Å². The largest absolute Gasteiger partial charge is 0.495 e. The minimum Gasteiger partial charge on any atom is -0.495 e. The topological polar surface area (TPSA) is 139 Å². The highest BCUT2D eigenvalue weighted by atomic mass is 35.5. The minimum atomic E-state index is -4.66. The number of carbonyl (C=O) groups is 2. The van der Waals surface area contributed by atoms with E-state index in [1.54, 1.807) is 18.2 Å². The van der Waals surface area contributed by atoms with Crippen LogP contribution in [0.1, 0.15) is 18.1 Å². The van der Waals surface area contributed by atoms with Crippen LogP contribution in [0.2, 0.25) is 15.1 Å². The number of hydrogen-bond acceptors (Lipinski definition) is 7. The van der Waals surface area contributed by atoms with Crippen LogP contribution in [0.15, 0.2) is 59.5 Å². The zero-order chi connectivity index (χ0) is 31.4. The zero-order valence-corrected chi connectivity index (χ0v) is 26.0. The molecule has 0 aliphatic carbocycles. The molecule has 2 amide bonds. The van der Waals surface area contributed by atoms with Gasteiger partial charge in [-0.15, -0.1) is 0 Å². The summed E-state index contributed by atoms with van der Waals surface area (Å²) in [7, 11) is -1.96. The average molecular weight is 658 g/mol. The summed E-state index contributed by atoms with van der Waals surface area (Å²) < 4.78 is 34.3. The molecule has 15 heteroatoms. The van der Waals surface area contributed by atoms with E-state index in [0.717, 1.165) is 15.3 Å². The number of benzene rings is 3. The van der Waals surface area contributed by atoms with E-state index in [2.05, 4.69) is 5.32 Å². The summed E-state index contributed by atoms with van der Waals surface area (Å²) in [5.74, 6) is -1.29. The molecule has 0 aliphatic heterocycles. The molecule has 0 spiro atoms. The van der Waals surface area contributed by atoms with Gasteiger partial charge in [-0.25, -0.2) is 8.42 Å². The van der Waals surface area contributed by atoms with Crippen LogP contribution in [0, 0.1) is 17.0 Å². The lowest BCUT2D eigenvalue weighted by molar-refractivity contribution is -0.385. The molecule has 1 N–H and O–H groups in total. The number of sulfonamides is 1. The van der Waals surface area contributed by atoms with Crippen molar-refractivity contribution in [2.24, 2.45) is 0 Å². The molecule has 0 radical (unpaired) electrons. The fourth-order valence-electron chi connectivity index (χ4n) is 4.09. The number of halogens is 3. The molecule has 42 heavy (non-hydrogen) atoms. The molecule has 1 atom stereocenters. The molecular weight excluding hydrogens is 631 g/mol. The van der Waals surface area contributed by atoms with Crippen LogP contribution < -0.4 is 14.4 Å². The standard InChI is InChI=1S/C27H27Cl3N4O7S/c1-16-8-10-19(13-23(16)34(37)38)42(39,40)33(24-12-18(28)9-11-25(24)41-4)15-26(35)32(17(2)27(36)31-3)14-20-21(29)6-5-7-22(20)30/h5-13,17H,14-15H2,1-4H3,(H,31,36)/t17-/m0/s1. The van der Waals surface area contributed by atoms with Crippen LogP contribution in [0.25, 0.3) is 0 Å². The number of aryl methyl sites for hydroxylation is 1. The first-order valence-corrected chi connectivity index (χ1v) is 14.9. The summed E-state index contributed by atoms with van der Waals surface area (Å²) in [6.07, 6.45) is 0. The van der Waals surface area contributed by atoms with Gasteiger partial charge in [0.15, 0.2) is 0 Å². The highest BCUT2D eigenvalue weighted by Gasteiger charge is 2.35. The number of methoxy groups -OCH3 is 1. The van der Waals surface area contributed by atoms with Gasteiger partial charge >= 0.3 is 0 Å². The Morgan fingerprint density at radius 3 is 2.29 bits per heavy atom. The number of rotatable bonds is 11. The molecule has 0 bridgehead atoms. The Morgan fingerprint density at radius 2 is 1.71 bits per heavy atom. The maximum absolute atomic E-state index is 14.1. The highest BCUT2D eigenvalue weighted by molar-refractivity contribution is 7.92. The third-order valence-electron chi connectivity index (χ3n) is 6.46. The summed E-state index contributed by atoms with van der Waals surface area (Å²) >= 11 is 18.9. The maximum Gasteiger partial charge on any atom is 0.273 e. The van der Waals surface area contributed by atoms with E-state index >= 15 is 0 Å². The van der Waals surface area contributed by atoms with Crippen LogP contribution in [0.4, 0.5) is 11.4 Å². The second kappa shape index (κ2) is 13.6. The Hall–Kier alpha value is -3.58. The number of nitro benzene ring substituents is 1. The predicted octanol–water partition coefficient (Wildman–Crippen LogP) is 5.23. The van der Waals surface area contributed by atoms with E-state index in [0.29, 0.717) is 5.56 Å². The molecule has 224 valence electrons. The van der Waals surface area contributed by atoms with E-state index in [1.165, 1.54) is 58.3 Å². The Kier molecular flexibility index (Phi) is 10.7. The van der Waals surface area contributed by atoms with Crippen LogP contribution in [0.3, 0.4) is 0 Å². The van der Waals surface area contributed by atoms with Gasteiger partial charge in [-0.1, -0.05) is 46.9 Å². The number of amides is 2. The molecule has 0 saturated heterocycles. The molecule has 3 aromatic carbocycles. The number of anilines is 1. The molecule has 0 heterocycles. The summed E-state index contributed by atoms with van der Waals surface area (Å²) in [5.41, 5.74) is 0.0477. The van der Waals surface area contributed by atoms with Gasteiger partial charge in [-0.05, 0) is 50.2 Å². The van der Waals surface area contributed by atoms with E-state index < -0.39 is 49.9 Å². The third kappa shape index (κ3) is 7.06. The second-order valence-electron chi connectivity index (χ2n) is 9.05. The van der Waals surface area contributed by atoms with Crippen molar-refractivity contribution in [1.29, 1.82) is 0 Å². The Bertz CT molecular complexity index is 1620. The summed E-state index contributed by atoms with van der Waals surface area (Å²) in [6, 6.07) is 11.2. The molecule has 0 aromatic heterocycles. The Morgan fingerprint density at radius 1 is 1.07 bits per heavy atom. The van der Waals surface area contributed by atoms with Gasteiger partial charge in [0.25, 0.3) is 15.7 Å². The van der Waals surface area contributed by atoms with Crippen molar-refractivity contribution in [2.45, 2.75) is 31.3 Å². The van der Waals surface area contributed by atoms with Crippen LogP contribution in [-0.4, -0.2) is 56.8 Å². The molecule has 0 aliphatic rings. The Labute approximate surface area is 258 Å². The SMILES string of the molecule is CNC(=O)[C@H](C)N(Cc1c(Cl)cccc1Cl)C(=O)CN(c1cc(Cl)ccc1OC)S(=O)(=O)c1ccc(C)c([N+](=O)[O-])c1. The van der Waals surface area contributed by atoms with Gasteiger partial charge in [-0.2, -0.15) is 0 Å². The first-order valence-electron chi connectivity index (χ1n) is 12.3. The van der Waals surface area contributed by atoms with Gasteiger partial charge in [0.05, 0.1) is 22.6 Å². The molecular formula is C27H27Cl3N4O7S. The number of nitrogens with zero attached hydrogens (tertiary/aromatic N) is 3. The molecule has 3 rings (SSSR count). The van der Waals surface area contributed by atoms with Crippen LogP contribution in [0.5, 0.6) is 5.75 Å². The lowest BCUT2D eigenvalue weighted by atomic mass is 10.1. The fraction of sp³-hybridized carbons (Fsp3) is 0.259. The normalized spacial score (nSPS) is 11.9. The molecule has 0 unspecified atom stereocenters. The molecule has 0 saturated carbocycles. The third-order valence-corrected chi connectivity index (χ3v) is 9.16. The van der Waals surface area contributed by atoms with Gasteiger partial charge in [0.2, 0.25) is 11.8 Å². The van der Waals surface area contributed by atoms with Crippen molar-refractivity contribution in [1.82, 2.24) is 10.2 Å². The van der Waals surface area contributed by atoms with Crippen LogP contribution >= 0.6 is 34.8 Å². The summed E-state index contributed by atoms with van der Waals surface area (Å²) in [6.45, 7) is 1.85. The molecule has 11 nitrogen and oxygen atoms in total. The quantitative estimate of drug-likeness (QED) is 0.220. The van der Waals surface area contributed by atoms with Crippen molar-refractivity contribution < 1.29 is 27.7 Å². The second-order valence-corrected chi connectivity index (χ2v) is 12.2. The number of hydrogen-bond donors (Lipinski definition) is 1. The van der Waals surface area contributed by atoms with E-state index in [1.807, 2.05) is 0 Å². The predicted molar refractivity (Wildman–Crippen MR) is 161 cm³/mol. The van der Waals surface area contributed by atoms with Gasteiger partial charge in [0, 0.05) is 45.9 Å². The molecule has 0 fully saturated rings. The smallest absolute Gasteiger partial charge is 0.273 e. The van der Waals surface area contributed by atoms with E-state index in [-0.39, 0.29) is 38.6 Å². The number of nitrogens with one attached hydrogen (secondary N) is 1. The monoisotopic (exact) mass is 656 g/mol. The van der Waals surface area contributed by atoms with E-state index in [9.17, 15) is 28.1 Å². The van der Waals surface area contributed by atoms with Crippen LogP contribution in [-0.2, 0) is 26.2 Å². The summed E-state index contributed by atoms with van der Waals surface area (Å²) in [5, 5.41) is 14.7. The van der Waals surface area contributed by atoms with E-state index in [4.69, 9.17) is 39.5 Å². The Balaban J connectivity index is 2.20. The average Bonchev–Trinajstić information content (AvgIpc) is 2.94. The number of nitro groups is 1. The van der Waals surface area contributed by atoms with Gasteiger partial charge < -0.3 is 15.0 Å². The highest BCUT2D eigenvalue weighted by Crippen LogP contribution is 2.36. The van der Waals surface area contributed by atoms with Crippen molar-refractivity contribution in [3.05, 3.63) is 90.9 Å². The first kappa shape index (κ1) is 32.9. The van der Waals surface area contributed by atoms with Crippen molar-refractivity contribution in [2.75, 3.05) is 25.0 Å². The van der Waals surface area contributed by atoms with Crippen molar-refractivity contribution in [3.8, 4) is 5.75 Å². The van der Waals surface area contributed by atoms with Crippen molar-refractivity contribution in [3.63, 3.8) is 0 Å². The number of carbonyl (C=O) groups excluding carboxylic acids is 2. The number of likely N-dealkylation sites (N-methyl/N-ethyl adjacent to an activating group) is 1. The maximum atomic E-state index is 14.1. The fourth-order valence-corrected chi connectivity index (χ4v) is 6.21. The minimum absolute atomic E-state index is 0.0532. The number of ether oxygens (including phenoxy) is 1. The van der Waals surface area contributed by atoms with Gasteiger partial charge in [-0.3, -0.25) is 24.0 Å². The lowest BCUT2D eigenvalue weighted by Gasteiger charge is -2.32. The first-order chi connectivity index (χ1) is 19.7. The van der Waals surface area contributed by atoms with Gasteiger partial charge in [0.1, 0.15) is 18.3 Å². The zero-order valence-electron chi connectivity index (χ0n) is 22.9. The molecule has 3 aromatic rings.